The van der Waals surface area contributed by atoms with Gasteiger partial charge in [0, 0.05) is 34.9 Å². The number of fused-ring (bicyclic) bond motifs is 1. The SMILES string of the molecule is NS(=O)(=O)c1ccc(-c2cnc3[nH]cc(-c4cc(Cl)nc(NC5CCCCC5)c4)c3c2)cc1. The van der Waals surface area contributed by atoms with Gasteiger partial charge in [0.2, 0.25) is 10.0 Å². The number of primary sulfonamides is 1. The number of nitrogens with two attached hydrogens (primary N) is 1. The van der Waals surface area contributed by atoms with E-state index >= 15 is 0 Å². The molecule has 0 aliphatic heterocycles. The number of nitrogens with one attached hydrogen (secondary N) is 2. The highest BCUT2D eigenvalue weighted by Gasteiger charge is 2.16. The van der Waals surface area contributed by atoms with Crippen molar-refractivity contribution in [2.75, 3.05) is 5.32 Å². The van der Waals surface area contributed by atoms with Crippen molar-refractivity contribution in [3.05, 3.63) is 60.0 Å². The standard InChI is InChI=1S/C24H24ClN5O2S/c25-22-11-16(12-23(30-22)29-18-4-2-1-3-5-18)21-14-28-24-20(21)10-17(13-27-24)15-6-8-19(9-7-15)33(26,31)32/h6-14,18H,1-5H2,(H,27,28)(H,29,30)(H2,26,31,32). The summed E-state index contributed by atoms with van der Waals surface area (Å²) in [6.07, 6.45) is 9.73. The minimum atomic E-state index is -3.73. The normalized spacial score (nSPS) is 15.1. The molecule has 1 aliphatic rings. The van der Waals surface area contributed by atoms with E-state index in [4.69, 9.17) is 16.7 Å². The summed E-state index contributed by atoms with van der Waals surface area (Å²) in [6, 6.07) is 12.8. The van der Waals surface area contributed by atoms with Crippen LogP contribution in [0, 0.1) is 0 Å². The Labute approximate surface area is 197 Å². The fourth-order valence-electron chi connectivity index (χ4n) is 4.42. The molecule has 170 valence electrons. The Morgan fingerprint density at radius 1 is 1.00 bits per heavy atom. The predicted octanol–water partition coefficient (Wildman–Crippen LogP) is 5.34. The van der Waals surface area contributed by atoms with Gasteiger partial charge in [-0.3, -0.25) is 0 Å². The molecule has 3 aromatic heterocycles. The van der Waals surface area contributed by atoms with Gasteiger partial charge < -0.3 is 10.3 Å². The number of hydrogen-bond acceptors (Lipinski definition) is 5. The first-order valence-electron chi connectivity index (χ1n) is 10.9. The molecule has 3 heterocycles. The molecule has 33 heavy (non-hydrogen) atoms. The lowest BCUT2D eigenvalue weighted by Crippen LogP contribution is -2.22. The quantitative estimate of drug-likeness (QED) is 0.333. The number of nitrogens with zero attached hydrogens (tertiary/aromatic N) is 2. The summed E-state index contributed by atoms with van der Waals surface area (Å²) < 4.78 is 23.1. The molecule has 0 saturated heterocycles. The van der Waals surface area contributed by atoms with Crippen molar-refractivity contribution in [2.45, 2.75) is 43.0 Å². The summed E-state index contributed by atoms with van der Waals surface area (Å²) in [6.45, 7) is 0. The Kier molecular flexibility index (Phi) is 5.82. The van der Waals surface area contributed by atoms with Crippen molar-refractivity contribution in [1.29, 1.82) is 0 Å². The van der Waals surface area contributed by atoms with Crippen LogP contribution < -0.4 is 10.5 Å². The Morgan fingerprint density at radius 3 is 2.48 bits per heavy atom. The van der Waals surface area contributed by atoms with Crippen molar-refractivity contribution in [3.8, 4) is 22.3 Å². The van der Waals surface area contributed by atoms with Gasteiger partial charge in [0.15, 0.2) is 0 Å². The van der Waals surface area contributed by atoms with Crippen molar-refractivity contribution >= 4 is 38.5 Å². The van der Waals surface area contributed by atoms with Crippen molar-refractivity contribution in [1.82, 2.24) is 15.0 Å². The van der Waals surface area contributed by atoms with E-state index in [9.17, 15) is 8.42 Å². The van der Waals surface area contributed by atoms with Gasteiger partial charge in [-0.05, 0) is 54.3 Å². The molecule has 7 nitrogen and oxygen atoms in total. The third-order valence-corrected chi connectivity index (χ3v) is 7.23. The summed E-state index contributed by atoms with van der Waals surface area (Å²) in [5.74, 6) is 0.779. The van der Waals surface area contributed by atoms with E-state index in [0.717, 1.165) is 51.9 Å². The lowest BCUT2D eigenvalue weighted by Gasteiger charge is -2.23. The molecule has 9 heteroatoms. The molecule has 4 N–H and O–H groups in total. The summed E-state index contributed by atoms with van der Waals surface area (Å²) in [7, 11) is -3.73. The number of sulfonamides is 1. The minimum absolute atomic E-state index is 0.0760. The molecule has 0 bridgehead atoms. The third-order valence-electron chi connectivity index (χ3n) is 6.11. The number of benzene rings is 1. The van der Waals surface area contributed by atoms with Gasteiger partial charge in [0.1, 0.15) is 16.6 Å². The number of H-pyrrole nitrogens is 1. The number of halogens is 1. The summed E-state index contributed by atoms with van der Waals surface area (Å²) >= 11 is 6.38. The molecule has 0 atom stereocenters. The number of pyridine rings is 2. The highest BCUT2D eigenvalue weighted by atomic mass is 35.5. The molecular weight excluding hydrogens is 458 g/mol. The maximum Gasteiger partial charge on any atom is 0.238 e. The third kappa shape index (κ3) is 4.73. The van der Waals surface area contributed by atoms with E-state index in [0.29, 0.717) is 11.2 Å². The molecule has 0 radical (unpaired) electrons. The number of rotatable bonds is 5. The van der Waals surface area contributed by atoms with Gasteiger partial charge in [-0.1, -0.05) is 43.0 Å². The maximum atomic E-state index is 11.5. The van der Waals surface area contributed by atoms with Crippen molar-refractivity contribution < 1.29 is 8.42 Å². The van der Waals surface area contributed by atoms with Crippen LogP contribution in [-0.2, 0) is 10.0 Å². The largest absolute Gasteiger partial charge is 0.367 e. The highest BCUT2D eigenvalue weighted by molar-refractivity contribution is 7.89. The zero-order chi connectivity index (χ0) is 23.0. The minimum Gasteiger partial charge on any atom is -0.367 e. The van der Waals surface area contributed by atoms with Crippen LogP contribution in [0.3, 0.4) is 0 Å². The van der Waals surface area contributed by atoms with Crippen LogP contribution in [0.15, 0.2) is 59.8 Å². The Morgan fingerprint density at radius 2 is 1.76 bits per heavy atom. The van der Waals surface area contributed by atoms with Crippen LogP contribution in [-0.4, -0.2) is 29.4 Å². The molecule has 0 amide bonds. The van der Waals surface area contributed by atoms with Gasteiger partial charge in [-0.15, -0.1) is 0 Å². The van der Waals surface area contributed by atoms with Crippen LogP contribution in [0.5, 0.6) is 0 Å². The lowest BCUT2D eigenvalue weighted by molar-refractivity contribution is 0.462. The molecule has 1 aromatic carbocycles. The predicted molar refractivity (Wildman–Crippen MR) is 132 cm³/mol. The molecule has 1 aliphatic carbocycles. The Hall–Kier alpha value is -2.94. The number of anilines is 1. The van der Waals surface area contributed by atoms with Gasteiger partial charge in [-0.2, -0.15) is 0 Å². The van der Waals surface area contributed by atoms with E-state index < -0.39 is 10.0 Å². The second kappa shape index (κ2) is 8.78. The van der Waals surface area contributed by atoms with Gasteiger partial charge in [-0.25, -0.2) is 23.5 Å². The summed E-state index contributed by atoms with van der Waals surface area (Å²) in [5.41, 5.74) is 4.38. The maximum absolute atomic E-state index is 11.5. The molecule has 5 rings (SSSR count). The van der Waals surface area contributed by atoms with E-state index in [-0.39, 0.29) is 4.90 Å². The monoisotopic (exact) mass is 481 g/mol. The van der Waals surface area contributed by atoms with E-state index in [1.54, 1.807) is 18.3 Å². The van der Waals surface area contributed by atoms with Crippen LogP contribution in [0.25, 0.3) is 33.3 Å². The molecule has 1 fully saturated rings. The second-order valence-electron chi connectivity index (χ2n) is 8.43. The summed E-state index contributed by atoms with van der Waals surface area (Å²) in [4.78, 5) is 12.3. The Bertz CT molecular complexity index is 1410. The number of hydrogen-bond donors (Lipinski definition) is 3. The first kappa shape index (κ1) is 21.9. The van der Waals surface area contributed by atoms with Crippen molar-refractivity contribution in [3.63, 3.8) is 0 Å². The fourth-order valence-corrected chi connectivity index (χ4v) is 5.14. The molecular formula is C24H24ClN5O2S. The average molecular weight is 482 g/mol. The van der Waals surface area contributed by atoms with Gasteiger partial charge >= 0.3 is 0 Å². The van der Waals surface area contributed by atoms with Crippen LogP contribution >= 0.6 is 11.6 Å². The molecule has 4 aromatic rings. The zero-order valence-electron chi connectivity index (χ0n) is 17.9. The smallest absolute Gasteiger partial charge is 0.238 e. The fraction of sp³-hybridized carbons (Fsp3) is 0.250. The van der Waals surface area contributed by atoms with E-state index in [2.05, 4.69) is 20.3 Å². The van der Waals surface area contributed by atoms with Crippen LogP contribution in [0.4, 0.5) is 5.82 Å². The molecule has 0 unspecified atom stereocenters. The average Bonchev–Trinajstić information content (AvgIpc) is 3.22. The topological polar surface area (TPSA) is 114 Å². The number of aromatic amines is 1. The Balaban J connectivity index is 1.50. The van der Waals surface area contributed by atoms with Gasteiger partial charge in [0.05, 0.1) is 4.90 Å². The lowest BCUT2D eigenvalue weighted by atomic mass is 9.95. The first-order chi connectivity index (χ1) is 15.9. The molecule has 0 spiro atoms. The van der Waals surface area contributed by atoms with Crippen LogP contribution in [0.1, 0.15) is 32.1 Å². The first-order valence-corrected chi connectivity index (χ1v) is 12.8. The second-order valence-corrected chi connectivity index (χ2v) is 10.4. The highest BCUT2D eigenvalue weighted by Crippen LogP contribution is 2.34. The zero-order valence-corrected chi connectivity index (χ0v) is 19.5. The van der Waals surface area contributed by atoms with E-state index in [1.807, 2.05) is 24.4 Å². The van der Waals surface area contributed by atoms with E-state index in [1.165, 1.54) is 31.4 Å². The van der Waals surface area contributed by atoms with Crippen LogP contribution in [0.2, 0.25) is 5.15 Å². The number of aromatic nitrogens is 3. The summed E-state index contributed by atoms with van der Waals surface area (Å²) in [5, 5.41) is 10.1. The van der Waals surface area contributed by atoms with Gasteiger partial charge in [0.25, 0.3) is 0 Å². The molecule has 1 saturated carbocycles. The van der Waals surface area contributed by atoms with Crippen molar-refractivity contribution in [2.24, 2.45) is 5.14 Å².